The molecular formula is C27H31FN4O2. The van der Waals surface area contributed by atoms with Crippen molar-refractivity contribution in [1.82, 2.24) is 15.1 Å². The number of carbonyl (C=O) groups excluding carboxylic acids is 1. The lowest BCUT2D eigenvalue weighted by molar-refractivity contribution is -0.123. The zero-order valence-corrected chi connectivity index (χ0v) is 19.7. The molecule has 178 valence electrons. The van der Waals surface area contributed by atoms with Gasteiger partial charge in [-0.2, -0.15) is 5.10 Å². The maximum absolute atomic E-state index is 13.3. The van der Waals surface area contributed by atoms with Crippen LogP contribution >= 0.6 is 0 Å². The Morgan fingerprint density at radius 3 is 2.74 bits per heavy atom. The first-order valence-corrected chi connectivity index (χ1v) is 11.6. The molecule has 0 saturated carbocycles. The zero-order valence-electron chi connectivity index (χ0n) is 19.7. The molecule has 0 saturated heterocycles. The Morgan fingerprint density at radius 2 is 2.03 bits per heavy atom. The highest BCUT2D eigenvalue weighted by atomic mass is 19.1. The first kappa shape index (κ1) is 23.7. The number of rotatable bonds is 8. The number of nitrogens with zero attached hydrogens (tertiary/aromatic N) is 2. The number of nitrogens with one attached hydrogen (secondary N) is 1. The SMILES string of the molecule is COC1=CC([C@@H](Cc2ccc3c(cnn3-c3ccc(F)cc3)c2)[C@H](C)NC(=O)[C@@H](C)N)CC=C1. The van der Waals surface area contributed by atoms with E-state index in [1.807, 2.05) is 25.3 Å². The largest absolute Gasteiger partial charge is 0.497 e. The number of ether oxygens (including phenoxy) is 1. The number of nitrogens with two attached hydrogens (primary N) is 1. The van der Waals surface area contributed by atoms with Crippen molar-refractivity contribution >= 4 is 16.8 Å². The lowest BCUT2D eigenvalue weighted by Gasteiger charge is -2.32. The van der Waals surface area contributed by atoms with Gasteiger partial charge in [0.05, 0.1) is 30.6 Å². The van der Waals surface area contributed by atoms with E-state index in [9.17, 15) is 9.18 Å². The molecule has 1 heterocycles. The molecule has 0 aliphatic heterocycles. The predicted molar refractivity (Wildman–Crippen MR) is 132 cm³/mol. The number of hydrogen-bond acceptors (Lipinski definition) is 4. The van der Waals surface area contributed by atoms with Crippen LogP contribution in [0.2, 0.25) is 0 Å². The molecule has 4 atom stereocenters. The molecule has 0 radical (unpaired) electrons. The molecule has 7 heteroatoms. The molecule has 3 N–H and O–H groups in total. The Hall–Kier alpha value is -3.45. The molecule has 2 aromatic carbocycles. The van der Waals surface area contributed by atoms with Crippen molar-refractivity contribution in [3.63, 3.8) is 0 Å². The van der Waals surface area contributed by atoms with Crippen molar-refractivity contribution in [1.29, 1.82) is 0 Å². The van der Waals surface area contributed by atoms with E-state index in [2.05, 4.69) is 34.7 Å². The molecule has 3 aromatic rings. The first-order chi connectivity index (χ1) is 16.4. The van der Waals surface area contributed by atoms with Crippen LogP contribution in [-0.4, -0.2) is 34.9 Å². The smallest absolute Gasteiger partial charge is 0.236 e. The first-order valence-electron chi connectivity index (χ1n) is 11.6. The number of benzene rings is 2. The van der Waals surface area contributed by atoms with Gasteiger partial charge < -0.3 is 15.8 Å². The summed E-state index contributed by atoms with van der Waals surface area (Å²) in [6.07, 6.45) is 9.71. The molecule has 1 amide bonds. The summed E-state index contributed by atoms with van der Waals surface area (Å²) in [6, 6.07) is 11.9. The number of amides is 1. The second-order valence-electron chi connectivity index (χ2n) is 8.95. The van der Waals surface area contributed by atoms with E-state index in [0.717, 1.165) is 40.8 Å². The van der Waals surface area contributed by atoms with Crippen molar-refractivity contribution in [2.45, 2.75) is 38.8 Å². The van der Waals surface area contributed by atoms with Crippen LogP contribution in [0.3, 0.4) is 0 Å². The average Bonchev–Trinajstić information content (AvgIpc) is 3.26. The summed E-state index contributed by atoms with van der Waals surface area (Å²) in [4.78, 5) is 12.3. The zero-order chi connectivity index (χ0) is 24.2. The molecule has 1 aliphatic rings. The van der Waals surface area contributed by atoms with Crippen molar-refractivity contribution in [2.24, 2.45) is 17.6 Å². The van der Waals surface area contributed by atoms with E-state index in [1.165, 1.54) is 12.1 Å². The molecule has 1 unspecified atom stereocenters. The van der Waals surface area contributed by atoms with Crippen molar-refractivity contribution in [3.8, 4) is 5.69 Å². The molecule has 1 aliphatic carbocycles. The summed E-state index contributed by atoms with van der Waals surface area (Å²) in [5, 5.41) is 8.60. The molecular weight excluding hydrogens is 431 g/mol. The Kier molecular flexibility index (Phi) is 7.12. The monoisotopic (exact) mass is 462 g/mol. The summed E-state index contributed by atoms with van der Waals surface area (Å²) < 4.78 is 20.6. The van der Waals surface area contributed by atoms with Gasteiger partial charge in [0.25, 0.3) is 0 Å². The van der Waals surface area contributed by atoms with Crippen molar-refractivity contribution in [3.05, 3.63) is 84.0 Å². The Morgan fingerprint density at radius 1 is 1.26 bits per heavy atom. The molecule has 6 nitrogen and oxygen atoms in total. The third kappa shape index (κ3) is 5.20. The second kappa shape index (κ2) is 10.2. The summed E-state index contributed by atoms with van der Waals surface area (Å²) >= 11 is 0. The molecule has 0 spiro atoms. The molecule has 0 fully saturated rings. The van der Waals surface area contributed by atoms with Crippen LogP contribution in [0.25, 0.3) is 16.6 Å². The lowest BCUT2D eigenvalue weighted by Crippen LogP contribution is -2.47. The van der Waals surface area contributed by atoms with Crippen LogP contribution in [0.1, 0.15) is 25.8 Å². The third-order valence-electron chi connectivity index (χ3n) is 6.46. The van der Waals surface area contributed by atoms with E-state index in [4.69, 9.17) is 10.5 Å². The maximum atomic E-state index is 13.3. The molecule has 0 bridgehead atoms. The third-order valence-corrected chi connectivity index (χ3v) is 6.46. The predicted octanol–water partition coefficient (Wildman–Crippen LogP) is 4.28. The van der Waals surface area contributed by atoms with E-state index >= 15 is 0 Å². The van der Waals surface area contributed by atoms with Crippen LogP contribution in [-0.2, 0) is 16.0 Å². The minimum atomic E-state index is -0.562. The summed E-state index contributed by atoms with van der Waals surface area (Å²) in [5.41, 5.74) is 8.70. The van der Waals surface area contributed by atoms with Crippen LogP contribution in [0.5, 0.6) is 0 Å². The van der Waals surface area contributed by atoms with Crippen molar-refractivity contribution < 1.29 is 13.9 Å². The van der Waals surface area contributed by atoms with Crippen LogP contribution < -0.4 is 11.1 Å². The normalized spacial score (nSPS) is 18.3. The van der Waals surface area contributed by atoms with Crippen LogP contribution in [0.15, 0.2) is 72.6 Å². The number of halogens is 1. The van der Waals surface area contributed by atoms with Gasteiger partial charge in [0.15, 0.2) is 0 Å². The quantitative estimate of drug-likeness (QED) is 0.524. The fourth-order valence-electron chi connectivity index (χ4n) is 4.54. The van der Waals surface area contributed by atoms with E-state index in [1.54, 1.807) is 30.8 Å². The number of carbonyl (C=O) groups is 1. The average molecular weight is 463 g/mol. The van der Waals surface area contributed by atoms with Gasteiger partial charge in [-0.15, -0.1) is 0 Å². The van der Waals surface area contributed by atoms with Gasteiger partial charge in [-0.05, 0) is 92.6 Å². The topological polar surface area (TPSA) is 82.2 Å². The van der Waals surface area contributed by atoms with Crippen LogP contribution in [0, 0.1) is 17.7 Å². The Balaban J connectivity index is 1.61. The maximum Gasteiger partial charge on any atom is 0.236 e. The van der Waals surface area contributed by atoms with E-state index in [0.29, 0.717) is 0 Å². The van der Waals surface area contributed by atoms with Gasteiger partial charge in [0, 0.05) is 11.4 Å². The number of methoxy groups -OCH3 is 1. The highest BCUT2D eigenvalue weighted by Crippen LogP contribution is 2.31. The van der Waals surface area contributed by atoms with Gasteiger partial charge >= 0.3 is 0 Å². The molecule has 1 aromatic heterocycles. The van der Waals surface area contributed by atoms with Gasteiger partial charge in [-0.1, -0.05) is 12.1 Å². The van der Waals surface area contributed by atoms with Gasteiger partial charge in [-0.25, -0.2) is 9.07 Å². The summed E-state index contributed by atoms with van der Waals surface area (Å²) in [6.45, 7) is 3.73. The number of allylic oxidation sites excluding steroid dienone is 3. The Bertz CT molecular complexity index is 1210. The highest BCUT2D eigenvalue weighted by molar-refractivity contribution is 5.82. The fourth-order valence-corrected chi connectivity index (χ4v) is 4.54. The number of fused-ring (bicyclic) bond motifs is 1. The summed E-state index contributed by atoms with van der Waals surface area (Å²) in [7, 11) is 1.67. The minimum absolute atomic E-state index is 0.0815. The Labute approximate surface area is 199 Å². The lowest BCUT2D eigenvalue weighted by atomic mass is 9.78. The standard InChI is InChI=1S/C27H31FN4O2/c1-17(29)27(33)31-18(2)25(20-5-4-6-24(15-20)34-3)14-19-7-12-26-21(13-19)16-30-32(26)23-10-8-22(28)9-11-23/h4,6-13,15-18,20,25H,5,14,29H2,1-3H3,(H,31,33)/t17-,18+,20?,25+/m1/s1. The fraction of sp³-hybridized carbons (Fsp3) is 0.333. The van der Waals surface area contributed by atoms with E-state index < -0.39 is 6.04 Å². The second-order valence-corrected chi connectivity index (χ2v) is 8.95. The van der Waals surface area contributed by atoms with Gasteiger partial charge in [-0.3, -0.25) is 4.79 Å². The summed E-state index contributed by atoms with van der Waals surface area (Å²) in [5.74, 6) is 0.754. The molecule has 34 heavy (non-hydrogen) atoms. The van der Waals surface area contributed by atoms with Gasteiger partial charge in [0.1, 0.15) is 11.6 Å². The van der Waals surface area contributed by atoms with E-state index in [-0.39, 0.29) is 29.6 Å². The van der Waals surface area contributed by atoms with Crippen LogP contribution in [0.4, 0.5) is 4.39 Å². The van der Waals surface area contributed by atoms with Gasteiger partial charge in [0.2, 0.25) is 5.91 Å². The van der Waals surface area contributed by atoms with Crippen molar-refractivity contribution in [2.75, 3.05) is 7.11 Å². The minimum Gasteiger partial charge on any atom is -0.497 e. The number of hydrogen-bond donors (Lipinski definition) is 2. The highest BCUT2D eigenvalue weighted by Gasteiger charge is 2.29. The molecule has 4 rings (SSSR count). The number of aromatic nitrogens is 2.